The van der Waals surface area contributed by atoms with Crippen molar-refractivity contribution < 1.29 is 24.5 Å². The van der Waals surface area contributed by atoms with Gasteiger partial charge in [0, 0.05) is 0 Å². The predicted molar refractivity (Wildman–Crippen MR) is 40.3 cm³/mol. The SMILES string of the molecule is COC(=O)C1NC(=O)C(C)C1(O)O. The van der Waals surface area contributed by atoms with E-state index in [1.807, 2.05) is 0 Å². The lowest BCUT2D eigenvalue weighted by Crippen LogP contribution is -2.50. The van der Waals surface area contributed by atoms with Crippen molar-refractivity contribution in [3.8, 4) is 0 Å². The summed E-state index contributed by atoms with van der Waals surface area (Å²) in [4.78, 5) is 21.9. The molecule has 0 saturated carbocycles. The molecule has 0 radical (unpaired) electrons. The van der Waals surface area contributed by atoms with Crippen LogP contribution in [0.5, 0.6) is 0 Å². The zero-order chi connectivity index (χ0) is 10.2. The van der Waals surface area contributed by atoms with Gasteiger partial charge in [-0.05, 0) is 6.92 Å². The normalized spacial score (nSPS) is 31.2. The van der Waals surface area contributed by atoms with E-state index in [-0.39, 0.29) is 0 Å². The fourth-order valence-electron chi connectivity index (χ4n) is 1.17. The molecular weight excluding hydrogens is 178 g/mol. The van der Waals surface area contributed by atoms with E-state index in [0.29, 0.717) is 0 Å². The summed E-state index contributed by atoms with van der Waals surface area (Å²) in [6.07, 6.45) is 0. The van der Waals surface area contributed by atoms with Gasteiger partial charge in [-0.1, -0.05) is 0 Å². The van der Waals surface area contributed by atoms with E-state index in [2.05, 4.69) is 10.1 Å². The standard InChI is InChI=1S/C7H11NO5/c1-3-5(9)8-4(6(10)13-2)7(3,11)12/h3-4,11-12H,1-2H3,(H,8,9). The molecule has 3 N–H and O–H groups in total. The topological polar surface area (TPSA) is 95.9 Å². The summed E-state index contributed by atoms with van der Waals surface area (Å²) in [5.74, 6) is -4.87. The van der Waals surface area contributed by atoms with Gasteiger partial charge >= 0.3 is 5.97 Å². The first-order valence-electron chi connectivity index (χ1n) is 3.74. The number of ether oxygens (including phenoxy) is 1. The van der Waals surface area contributed by atoms with Crippen LogP contribution in [-0.2, 0) is 14.3 Å². The van der Waals surface area contributed by atoms with Gasteiger partial charge in [0.2, 0.25) is 11.7 Å². The molecule has 1 saturated heterocycles. The lowest BCUT2D eigenvalue weighted by Gasteiger charge is -2.23. The lowest BCUT2D eigenvalue weighted by molar-refractivity contribution is -0.201. The first-order chi connectivity index (χ1) is 5.91. The van der Waals surface area contributed by atoms with Crippen LogP contribution in [0.2, 0.25) is 0 Å². The fraction of sp³-hybridized carbons (Fsp3) is 0.714. The van der Waals surface area contributed by atoms with E-state index in [4.69, 9.17) is 0 Å². The highest BCUT2D eigenvalue weighted by Gasteiger charge is 2.54. The summed E-state index contributed by atoms with van der Waals surface area (Å²) >= 11 is 0. The molecule has 0 aromatic carbocycles. The highest BCUT2D eigenvalue weighted by molar-refractivity contribution is 5.91. The van der Waals surface area contributed by atoms with Crippen LogP contribution in [0.4, 0.5) is 0 Å². The molecule has 1 fully saturated rings. The Labute approximate surface area is 74.5 Å². The average Bonchev–Trinajstić information content (AvgIpc) is 2.28. The summed E-state index contributed by atoms with van der Waals surface area (Å²) in [7, 11) is 1.10. The molecule has 0 aromatic heterocycles. The van der Waals surface area contributed by atoms with E-state index in [1.165, 1.54) is 6.92 Å². The van der Waals surface area contributed by atoms with Crippen LogP contribution < -0.4 is 5.32 Å². The number of esters is 1. The molecule has 1 aliphatic rings. The zero-order valence-corrected chi connectivity index (χ0v) is 7.27. The van der Waals surface area contributed by atoms with E-state index in [1.54, 1.807) is 0 Å². The molecule has 74 valence electrons. The van der Waals surface area contributed by atoms with Crippen LogP contribution in [0.15, 0.2) is 0 Å². The van der Waals surface area contributed by atoms with Crippen molar-refractivity contribution in [2.24, 2.45) is 5.92 Å². The minimum Gasteiger partial charge on any atom is -0.467 e. The number of amides is 1. The molecule has 13 heavy (non-hydrogen) atoms. The van der Waals surface area contributed by atoms with Gasteiger partial charge in [0.1, 0.15) is 0 Å². The number of carbonyl (C=O) groups excluding carboxylic acids is 2. The van der Waals surface area contributed by atoms with Crippen molar-refractivity contribution in [1.29, 1.82) is 0 Å². The van der Waals surface area contributed by atoms with Crippen LogP contribution in [0, 0.1) is 5.92 Å². The first-order valence-corrected chi connectivity index (χ1v) is 3.74. The third-order valence-electron chi connectivity index (χ3n) is 2.18. The Balaban J connectivity index is 2.90. The summed E-state index contributed by atoms with van der Waals surface area (Å²) in [5.41, 5.74) is 0. The quantitative estimate of drug-likeness (QED) is 0.327. The van der Waals surface area contributed by atoms with Crippen molar-refractivity contribution in [2.45, 2.75) is 18.8 Å². The monoisotopic (exact) mass is 189 g/mol. The molecule has 2 atom stereocenters. The van der Waals surface area contributed by atoms with E-state index in [0.717, 1.165) is 7.11 Å². The van der Waals surface area contributed by atoms with E-state index in [9.17, 15) is 19.8 Å². The number of aliphatic hydroxyl groups is 2. The van der Waals surface area contributed by atoms with Crippen molar-refractivity contribution in [3.63, 3.8) is 0 Å². The summed E-state index contributed by atoms with van der Waals surface area (Å²) < 4.78 is 4.29. The molecule has 0 aliphatic carbocycles. The Morgan fingerprint density at radius 1 is 1.62 bits per heavy atom. The average molecular weight is 189 g/mol. The molecule has 6 heteroatoms. The Kier molecular flexibility index (Phi) is 2.27. The highest BCUT2D eigenvalue weighted by atomic mass is 16.5. The molecular formula is C7H11NO5. The maximum atomic E-state index is 11.0. The van der Waals surface area contributed by atoms with Crippen LogP contribution in [0.25, 0.3) is 0 Å². The zero-order valence-electron chi connectivity index (χ0n) is 7.27. The molecule has 1 amide bonds. The van der Waals surface area contributed by atoms with Crippen molar-refractivity contribution in [3.05, 3.63) is 0 Å². The van der Waals surface area contributed by atoms with Crippen LogP contribution in [0.1, 0.15) is 6.92 Å². The van der Waals surface area contributed by atoms with Gasteiger partial charge < -0.3 is 20.3 Å². The van der Waals surface area contributed by atoms with Crippen LogP contribution >= 0.6 is 0 Å². The largest absolute Gasteiger partial charge is 0.467 e. The minimum atomic E-state index is -2.37. The first kappa shape index (κ1) is 9.94. The maximum absolute atomic E-state index is 11.0. The molecule has 0 spiro atoms. The Morgan fingerprint density at radius 2 is 2.15 bits per heavy atom. The number of methoxy groups -OCH3 is 1. The number of nitrogens with one attached hydrogen (secondary N) is 1. The molecule has 1 heterocycles. The van der Waals surface area contributed by atoms with Crippen molar-refractivity contribution >= 4 is 11.9 Å². The molecule has 1 rings (SSSR count). The lowest BCUT2D eigenvalue weighted by atomic mass is 9.99. The smallest absolute Gasteiger partial charge is 0.334 e. The van der Waals surface area contributed by atoms with Crippen LogP contribution in [-0.4, -0.2) is 41.0 Å². The van der Waals surface area contributed by atoms with E-state index >= 15 is 0 Å². The number of hydrogen-bond donors (Lipinski definition) is 3. The second kappa shape index (κ2) is 2.97. The van der Waals surface area contributed by atoms with Crippen LogP contribution in [0.3, 0.4) is 0 Å². The second-order valence-corrected chi connectivity index (χ2v) is 2.97. The van der Waals surface area contributed by atoms with Gasteiger partial charge in [0.15, 0.2) is 6.04 Å². The second-order valence-electron chi connectivity index (χ2n) is 2.97. The van der Waals surface area contributed by atoms with Crippen molar-refractivity contribution in [2.75, 3.05) is 7.11 Å². The summed E-state index contributed by atoms with van der Waals surface area (Å²) in [6.45, 7) is 1.32. The number of hydrogen-bond acceptors (Lipinski definition) is 5. The van der Waals surface area contributed by atoms with Gasteiger partial charge in [0.05, 0.1) is 13.0 Å². The third-order valence-corrected chi connectivity index (χ3v) is 2.18. The fourth-order valence-corrected chi connectivity index (χ4v) is 1.17. The Hall–Kier alpha value is -1.14. The number of rotatable bonds is 1. The van der Waals surface area contributed by atoms with Crippen molar-refractivity contribution in [1.82, 2.24) is 5.32 Å². The third kappa shape index (κ3) is 1.38. The Morgan fingerprint density at radius 3 is 2.46 bits per heavy atom. The highest BCUT2D eigenvalue weighted by Crippen LogP contribution is 2.25. The van der Waals surface area contributed by atoms with Gasteiger partial charge in [-0.15, -0.1) is 0 Å². The van der Waals surface area contributed by atoms with E-state index < -0.39 is 29.6 Å². The molecule has 6 nitrogen and oxygen atoms in total. The maximum Gasteiger partial charge on any atom is 0.334 e. The van der Waals surface area contributed by atoms with Gasteiger partial charge in [0.25, 0.3) is 0 Å². The predicted octanol–water partition coefficient (Wildman–Crippen LogP) is -2.03. The van der Waals surface area contributed by atoms with Gasteiger partial charge in [-0.3, -0.25) is 4.79 Å². The molecule has 0 bridgehead atoms. The summed E-state index contributed by atoms with van der Waals surface area (Å²) in [6, 6.07) is -1.40. The molecule has 0 aromatic rings. The minimum absolute atomic E-state index is 0.583. The number of carbonyl (C=O) groups is 2. The van der Waals surface area contributed by atoms with Gasteiger partial charge in [-0.2, -0.15) is 0 Å². The molecule has 1 aliphatic heterocycles. The summed E-state index contributed by atoms with van der Waals surface area (Å²) in [5, 5.41) is 20.9. The Bertz CT molecular complexity index is 249. The molecule has 2 unspecified atom stereocenters. The van der Waals surface area contributed by atoms with Gasteiger partial charge in [-0.25, -0.2) is 4.79 Å².